The Morgan fingerprint density at radius 3 is 2.04 bits per heavy atom. The largest absolute Gasteiger partial charge is 0.490 e. The highest BCUT2D eigenvalue weighted by atomic mass is 16.5. The molecule has 0 saturated carbocycles. The molecule has 8 nitrogen and oxygen atoms in total. The van der Waals surface area contributed by atoms with Crippen molar-refractivity contribution in [2.45, 2.75) is 0 Å². The van der Waals surface area contributed by atoms with Crippen LogP contribution in [0.5, 0.6) is 0 Å². The number of fused-ring (bicyclic) bond motifs is 4. The Labute approximate surface area is 278 Å². The molecule has 0 N–H and O–H groups in total. The molecule has 6 rings (SSSR count). The summed E-state index contributed by atoms with van der Waals surface area (Å²) in [6, 6.07) is 30.4. The maximum atomic E-state index is 13.9. The van der Waals surface area contributed by atoms with Gasteiger partial charge in [0.05, 0.1) is 32.3 Å². The summed E-state index contributed by atoms with van der Waals surface area (Å²) in [6.45, 7) is 0. The van der Waals surface area contributed by atoms with Gasteiger partial charge in [0.1, 0.15) is 0 Å². The molecule has 0 bridgehead atoms. The first-order valence-electron chi connectivity index (χ1n) is 15.3. The number of hydrogen-bond acceptors (Lipinski definition) is 7. The van der Waals surface area contributed by atoms with Gasteiger partial charge in [-0.2, -0.15) is 4.57 Å². The lowest BCUT2D eigenvalue weighted by molar-refractivity contribution is -0.548. The first kappa shape index (κ1) is 31.8. The number of esters is 3. The summed E-state index contributed by atoms with van der Waals surface area (Å²) in [4.78, 5) is 42.8. The van der Waals surface area contributed by atoms with Gasteiger partial charge in [0.25, 0.3) is 11.7 Å². The lowest BCUT2D eigenvalue weighted by Gasteiger charge is -2.15. The molecule has 0 aliphatic rings. The molecule has 48 heavy (non-hydrogen) atoms. The third kappa shape index (κ3) is 5.58. The highest BCUT2D eigenvalue weighted by Crippen LogP contribution is 2.41. The van der Waals surface area contributed by atoms with Gasteiger partial charge in [-0.3, -0.25) is 4.79 Å². The van der Waals surface area contributed by atoms with E-state index in [9.17, 15) is 14.4 Å². The molecule has 240 valence electrons. The second-order valence-corrected chi connectivity index (χ2v) is 11.3. The second-order valence-electron chi connectivity index (χ2n) is 11.3. The molecule has 0 atom stereocenters. The zero-order valence-electron chi connectivity index (χ0n) is 27.3. The summed E-state index contributed by atoms with van der Waals surface area (Å²) in [5.74, 6) is -1.99. The molecule has 6 aromatic rings. The van der Waals surface area contributed by atoms with Gasteiger partial charge in [-0.15, -0.1) is 0 Å². The molecular weight excluding hydrogens is 604 g/mol. The minimum Gasteiger partial charge on any atom is -0.490 e. The third-order valence-electron chi connectivity index (χ3n) is 8.44. The van der Waals surface area contributed by atoms with Crippen LogP contribution in [0.1, 0.15) is 27.0 Å². The average Bonchev–Trinajstić information content (AvgIpc) is 3.46. The zero-order chi connectivity index (χ0) is 33.9. The van der Waals surface area contributed by atoms with E-state index >= 15 is 0 Å². The van der Waals surface area contributed by atoms with E-state index in [0.29, 0.717) is 32.8 Å². The predicted octanol–water partition coefficient (Wildman–Crippen LogP) is 6.89. The Morgan fingerprint density at radius 2 is 1.35 bits per heavy atom. The molecule has 1 heterocycles. The van der Waals surface area contributed by atoms with Gasteiger partial charge in [-0.1, -0.05) is 106 Å². The van der Waals surface area contributed by atoms with Gasteiger partial charge in [-0.05, 0) is 29.3 Å². The number of aromatic nitrogens is 1. The molecule has 0 radical (unpaired) electrons. The number of carbonyl (C=O) groups excluding carboxylic acids is 3. The number of benzene rings is 4. The summed E-state index contributed by atoms with van der Waals surface area (Å²) < 4.78 is 17.4. The van der Waals surface area contributed by atoms with E-state index in [1.54, 1.807) is 22.9 Å². The summed E-state index contributed by atoms with van der Waals surface area (Å²) in [5, 5.41) is 3.43. The minimum atomic E-state index is -0.739. The van der Waals surface area contributed by atoms with E-state index in [1.165, 1.54) is 21.3 Å². The average molecular weight is 639 g/mol. The Balaban J connectivity index is 1.65. The van der Waals surface area contributed by atoms with Gasteiger partial charge in [0.15, 0.2) is 6.20 Å². The number of ether oxygens (including phenoxy) is 3. The van der Waals surface area contributed by atoms with Crippen molar-refractivity contribution in [3.63, 3.8) is 0 Å². The standard InChI is InChI=1S/C40H34N2O6/c1-41(2)27-21-18-25(19-22-27)17-20-26-23-24-42(33-16-9-8-11-28(26)33)37(40(45)48-5)36(39(44)47-4)35-30-13-7-6-12-29(30)34-31(35)14-10-15-32(34)38(43)46-3/h6-24H,1-5H3/b37-36-. The molecular formula is C40H34N2O6. The number of anilines is 1. The van der Waals surface area contributed by atoms with E-state index < -0.39 is 17.9 Å². The van der Waals surface area contributed by atoms with Crippen molar-refractivity contribution in [3.05, 3.63) is 126 Å². The quantitative estimate of drug-likeness (QED) is 0.0590. The van der Waals surface area contributed by atoms with Crippen LogP contribution in [0.15, 0.2) is 103 Å². The fraction of sp³-hybridized carbons (Fsp3) is 0.125. The maximum absolute atomic E-state index is 13.9. The first-order valence-corrected chi connectivity index (χ1v) is 15.3. The lowest BCUT2D eigenvalue weighted by Crippen LogP contribution is -2.39. The van der Waals surface area contributed by atoms with Gasteiger partial charge in [-0.25, -0.2) is 9.59 Å². The van der Waals surface area contributed by atoms with Crippen LogP contribution in [-0.4, -0.2) is 53.3 Å². The van der Waals surface area contributed by atoms with Crippen LogP contribution in [0.2, 0.25) is 0 Å². The molecule has 0 fully saturated rings. The van der Waals surface area contributed by atoms with Crippen LogP contribution in [0.25, 0.3) is 55.9 Å². The third-order valence-corrected chi connectivity index (χ3v) is 8.44. The SMILES string of the molecule is COC(=O)/C(=C(/C(=O)OC)[n+]1ccc(/C=C/c2ccc(N(C)C)cc2)c2ccccc21)[c-]1c2ccccc2c2c(C(=O)OC)cccc21. The van der Waals surface area contributed by atoms with Gasteiger partial charge >= 0.3 is 11.9 Å². The fourth-order valence-electron chi connectivity index (χ4n) is 6.16. The summed E-state index contributed by atoms with van der Waals surface area (Å²) >= 11 is 0. The van der Waals surface area contributed by atoms with Crippen molar-refractivity contribution in [2.24, 2.45) is 0 Å². The summed E-state index contributed by atoms with van der Waals surface area (Å²) in [5.41, 5.74) is 4.47. The van der Waals surface area contributed by atoms with Crippen molar-refractivity contribution in [1.82, 2.24) is 0 Å². The van der Waals surface area contributed by atoms with Crippen molar-refractivity contribution in [2.75, 3.05) is 40.3 Å². The smallest absolute Gasteiger partial charge is 0.379 e. The first-order chi connectivity index (χ1) is 23.3. The van der Waals surface area contributed by atoms with Crippen molar-refractivity contribution >= 4 is 79.5 Å². The molecule has 0 aliphatic heterocycles. The number of carbonyl (C=O) groups is 3. The van der Waals surface area contributed by atoms with E-state index in [4.69, 9.17) is 14.2 Å². The van der Waals surface area contributed by atoms with Gasteiger partial charge in [0.2, 0.25) is 5.52 Å². The van der Waals surface area contributed by atoms with Crippen molar-refractivity contribution in [1.29, 1.82) is 0 Å². The van der Waals surface area contributed by atoms with Crippen LogP contribution in [0, 0.1) is 0 Å². The van der Waals surface area contributed by atoms with Crippen LogP contribution in [0.3, 0.4) is 0 Å². The van der Waals surface area contributed by atoms with Crippen LogP contribution >= 0.6 is 0 Å². The van der Waals surface area contributed by atoms with Crippen LogP contribution in [-0.2, 0) is 23.8 Å². The summed E-state index contributed by atoms with van der Waals surface area (Å²) in [6.07, 6.45) is 5.80. The molecule has 0 unspecified atom stereocenters. The monoisotopic (exact) mass is 638 g/mol. The number of hydrogen-bond donors (Lipinski definition) is 0. The zero-order valence-corrected chi connectivity index (χ0v) is 27.3. The Morgan fingerprint density at radius 1 is 0.688 bits per heavy atom. The van der Waals surface area contributed by atoms with Crippen molar-refractivity contribution in [3.8, 4) is 0 Å². The van der Waals surface area contributed by atoms with Gasteiger partial charge in [0, 0.05) is 37.5 Å². The number of para-hydroxylation sites is 1. The Bertz CT molecular complexity index is 2280. The molecule has 0 spiro atoms. The van der Waals surface area contributed by atoms with E-state index in [0.717, 1.165) is 27.6 Å². The number of pyridine rings is 1. The normalized spacial score (nSPS) is 11.9. The van der Waals surface area contributed by atoms with E-state index in [1.807, 2.05) is 91.8 Å². The number of methoxy groups -OCH3 is 3. The Kier molecular flexibility index (Phi) is 8.81. The topological polar surface area (TPSA) is 86.0 Å². The highest BCUT2D eigenvalue weighted by molar-refractivity contribution is 6.39. The van der Waals surface area contributed by atoms with E-state index in [-0.39, 0.29) is 11.3 Å². The highest BCUT2D eigenvalue weighted by Gasteiger charge is 2.32. The molecule has 1 aromatic heterocycles. The van der Waals surface area contributed by atoms with E-state index in [2.05, 4.69) is 24.3 Å². The van der Waals surface area contributed by atoms with Gasteiger partial charge < -0.3 is 19.1 Å². The molecule has 0 amide bonds. The molecule has 0 aliphatic carbocycles. The number of rotatable bonds is 8. The number of nitrogens with zero attached hydrogens (tertiary/aromatic N) is 2. The molecule has 0 saturated heterocycles. The predicted molar refractivity (Wildman–Crippen MR) is 189 cm³/mol. The lowest BCUT2D eigenvalue weighted by atomic mass is 9.98. The summed E-state index contributed by atoms with van der Waals surface area (Å²) in [7, 11) is 7.87. The molecule has 5 aromatic carbocycles. The molecule has 8 heteroatoms. The van der Waals surface area contributed by atoms with Crippen molar-refractivity contribution < 1.29 is 33.2 Å². The van der Waals surface area contributed by atoms with Crippen LogP contribution < -0.4 is 9.47 Å². The van der Waals surface area contributed by atoms with Crippen LogP contribution in [0.4, 0.5) is 5.69 Å². The Hall–Kier alpha value is -6.15. The fourth-order valence-corrected chi connectivity index (χ4v) is 6.16. The second kappa shape index (κ2) is 13.3. The maximum Gasteiger partial charge on any atom is 0.379 e. The minimum absolute atomic E-state index is 0.00278.